The molecular weight excluding hydrogens is 386 g/mol. The fraction of sp³-hybridized carbons (Fsp3) is 0.538. The Labute approximate surface area is 187 Å². The minimum atomic E-state index is 0.253. The molecule has 31 heavy (non-hydrogen) atoms. The maximum Gasteiger partial charge on any atom is 0.121 e. The van der Waals surface area contributed by atoms with E-state index in [1.54, 1.807) is 7.11 Å². The number of aryl methyl sites for hydroxylation is 1. The van der Waals surface area contributed by atoms with Crippen molar-refractivity contribution in [3.63, 3.8) is 0 Å². The number of methoxy groups -OCH3 is 1. The Hall–Kier alpha value is -2.08. The van der Waals surface area contributed by atoms with E-state index in [1.807, 2.05) is 0 Å². The van der Waals surface area contributed by atoms with Crippen LogP contribution in [0.3, 0.4) is 0 Å². The quantitative estimate of drug-likeness (QED) is 0.738. The normalized spacial score (nSPS) is 21.4. The molecule has 2 aliphatic rings. The molecule has 0 aliphatic carbocycles. The number of hydrogen-bond acceptors (Lipinski definition) is 5. The summed E-state index contributed by atoms with van der Waals surface area (Å²) in [6, 6.07) is 18.3. The van der Waals surface area contributed by atoms with Gasteiger partial charge in [0.15, 0.2) is 0 Å². The Kier molecular flexibility index (Phi) is 7.49. The monoisotopic (exact) mass is 423 g/mol. The van der Waals surface area contributed by atoms with Crippen LogP contribution in [-0.2, 0) is 6.54 Å². The second-order valence-corrected chi connectivity index (χ2v) is 8.99. The van der Waals surface area contributed by atoms with Gasteiger partial charge in [0.05, 0.1) is 7.11 Å². The van der Waals surface area contributed by atoms with Gasteiger partial charge in [-0.3, -0.25) is 9.80 Å². The lowest BCUT2D eigenvalue weighted by molar-refractivity contribution is 0.0254. The van der Waals surface area contributed by atoms with E-state index in [9.17, 15) is 5.11 Å². The van der Waals surface area contributed by atoms with E-state index in [4.69, 9.17) is 4.74 Å². The van der Waals surface area contributed by atoms with Gasteiger partial charge in [0.2, 0.25) is 0 Å². The van der Waals surface area contributed by atoms with Gasteiger partial charge in [-0.15, -0.1) is 0 Å². The van der Waals surface area contributed by atoms with Gasteiger partial charge >= 0.3 is 0 Å². The van der Waals surface area contributed by atoms with Crippen LogP contribution in [0.4, 0.5) is 5.69 Å². The molecule has 1 N–H and O–H groups in total. The highest BCUT2D eigenvalue weighted by atomic mass is 16.5. The molecule has 0 amide bonds. The predicted octanol–water partition coefficient (Wildman–Crippen LogP) is 3.54. The Bertz CT molecular complexity index is 821. The van der Waals surface area contributed by atoms with Crippen molar-refractivity contribution < 1.29 is 9.84 Å². The van der Waals surface area contributed by atoms with Crippen LogP contribution in [-0.4, -0.2) is 73.4 Å². The predicted molar refractivity (Wildman–Crippen MR) is 127 cm³/mol. The van der Waals surface area contributed by atoms with Crippen LogP contribution in [0.2, 0.25) is 0 Å². The second-order valence-electron chi connectivity index (χ2n) is 8.99. The molecule has 0 saturated carbocycles. The van der Waals surface area contributed by atoms with Gasteiger partial charge in [-0.2, -0.15) is 0 Å². The van der Waals surface area contributed by atoms with E-state index in [0.29, 0.717) is 12.1 Å². The highest BCUT2D eigenvalue weighted by Crippen LogP contribution is 2.26. The number of piperazine rings is 1. The summed E-state index contributed by atoms with van der Waals surface area (Å²) in [5.41, 5.74) is 3.85. The molecule has 2 aromatic rings. The summed E-state index contributed by atoms with van der Waals surface area (Å²) in [6.45, 7) is 8.80. The zero-order valence-electron chi connectivity index (χ0n) is 19.0. The first-order valence-corrected chi connectivity index (χ1v) is 11.7. The number of anilines is 1. The summed E-state index contributed by atoms with van der Waals surface area (Å²) in [4.78, 5) is 7.77. The van der Waals surface area contributed by atoms with E-state index < -0.39 is 0 Å². The fourth-order valence-electron chi connectivity index (χ4n) is 5.28. The molecule has 2 fully saturated rings. The highest BCUT2D eigenvalue weighted by molar-refractivity contribution is 5.46. The topological polar surface area (TPSA) is 39.2 Å². The van der Waals surface area contributed by atoms with E-state index in [0.717, 1.165) is 51.4 Å². The minimum absolute atomic E-state index is 0.253. The van der Waals surface area contributed by atoms with Crippen molar-refractivity contribution in [2.45, 2.75) is 44.8 Å². The van der Waals surface area contributed by atoms with Gasteiger partial charge < -0.3 is 14.7 Å². The number of benzene rings is 2. The molecule has 5 heteroatoms. The fourth-order valence-corrected chi connectivity index (χ4v) is 5.28. The molecule has 0 spiro atoms. The number of piperidine rings is 1. The summed E-state index contributed by atoms with van der Waals surface area (Å²) >= 11 is 0. The molecular formula is C26H37N3O2. The molecule has 0 aromatic heterocycles. The lowest BCUT2D eigenvalue weighted by atomic mass is 9.98. The van der Waals surface area contributed by atoms with Gasteiger partial charge in [0.1, 0.15) is 5.75 Å². The molecule has 2 heterocycles. The van der Waals surface area contributed by atoms with E-state index >= 15 is 0 Å². The van der Waals surface area contributed by atoms with Crippen LogP contribution in [0.1, 0.15) is 30.4 Å². The van der Waals surface area contributed by atoms with Crippen molar-refractivity contribution in [3.05, 3.63) is 59.7 Å². The van der Waals surface area contributed by atoms with E-state index in [-0.39, 0.29) is 6.61 Å². The van der Waals surface area contributed by atoms with E-state index in [2.05, 4.69) is 70.2 Å². The molecule has 4 rings (SSSR count). The third kappa shape index (κ3) is 5.40. The number of aliphatic hydroxyl groups is 1. The van der Waals surface area contributed by atoms with Gasteiger partial charge in [-0.05, 0) is 55.5 Å². The maximum absolute atomic E-state index is 9.70. The van der Waals surface area contributed by atoms with Gasteiger partial charge in [-0.1, -0.05) is 30.3 Å². The first kappa shape index (κ1) is 22.1. The zero-order valence-corrected chi connectivity index (χ0v) is 19.0. The van der Waals surface area contributed by atoms with Crippen LogP contribution in [0.25, 0.3) is 0 Å². The summed E-state index contributed by atoms with van der Waals surface area (Å²) in [5.74, 6) is 0.947. The number of rotatable bonds is 7. The maximum atomic E-state index is 9.70. The largest absolute Gasteiger partial charge is 0.496 e. The van der Waals surface area contributed by atoms with Crippen LogP contribution in [0, 0.1) is 6.92 Å². The molecule has 2 aromatic carbocycles. The first-order chi connectivity index (χ1) is 15.2. The van der Waals surface area contributed by atoms with Crippen molar-refractivity contribution >= 4 is 5.69 Å². The molecule has 1 unspecified atom stereocenters. The summed E-state index contributed by atoms with van der Waals surface area (Å²) in [5, 5.41) is 9.70. The third-order valence-electron chi connectivity index (χ3n) is 7.05. The molecule has 0 bridgehead atoms. The van der Waals surface area contributed by atoms with E-state index in [1.165, 1.54) is 29.7 Å². The van der Waals surface area contributed by atoms with Crippen molar-refractivity contribution in [2.24, 2.45) is 0 Å². The van der Waals surface area contributed by atoms with Crippen molar-refractivity contribution in [2.75, 3.05) is 51.3 Å². The van der Waals surface area contributed by atoms with Crippen molar-refractivity contribution in [1.82, 2.24) is 9.80 Å². The second kappa shape index (κ2) is 10.5. The number of para-hydroxylation sites is 1. The summed E-state index contributed by atoms with van der Waals surface area (Å²) in [6.07, 6.45) is 3.28. The summed E-state index contributed by atoms with van der Waals surface area (Å²) in [7, 11) is 1.73. The molecule has 168 valence electrons. The van der Waals surface area contributed by atoms with Crippen LogP contribution >= 0.6 is 0 Å². The van der Waals surface area contributed by atoms with Crippen LogP contribution < -0.4 is 9.64 Å². The number of aliphatic hydroxyl groups excluding tert-OH is 1. The number of nitrogens with zero attached hydrogens (tertiary/aromatic N) is 3. The van der Waals surface area contributed by atoms with Gasteiger partial charge in [-0.25, -0.2) is 0 Å². The zero-order chi connectivity index (χ0) is 21.6. The average molecular weight is 424 g/mol. The van der Waals surface area contributed by atoms with Crippen molar-refractivity contribution in [1.29, 1.82) is 0 Å². The highest BCUT2D eigenvalue weighted by Gasteiger charge is 2.32. The standard InChI is InChI=1S/C26H37N3O2/c1-21-18-22(8-9-26(21)31-2)19-28-15-16-29(20-25(28)12-17-30)24-10-13-27(14-11-24)23-6-4-3-5-7-23/h3-9,18,24-25,30H,10-17,19-20H2,1-2H3. The molecule has 5 nitrogen and oxygen atoms in total. The number of ether oxygens (including phenoxy) is 1. The SMILES string of the molecule is COc1ccc(CN2CCN(C3CCN(c4ccccc4)CC3)CC2CCO)cc1C. The number of hydrogen-bond donors (Lipinski definition) is 1. The van der Waals surface area contributed by atoms with Gasteiger partial charge in [0.25, 0.3) is 0 Å². The smallest absolute Gasteiger partial charge is 0.121 e. The minimum Gasteiger partial charge on any atom is -0.496 e. The Morgan fingerprint density at radius 2 is 1.77 bits per heavy atom. The summed E-state index contributed by atoms with van der Waals surface area (Å²) < 4.78 is 5.41. The van der Waals surface area contributed by atoms with Crippen LogP contribution in [0.15, 0.2) is 48.5 Å². The van der Waals surface area contributed by atoms with Crippen LogP contribution in [0.5, 0.6) is 5.75 Å². The lowest BCUT2D eigenvalue weighted by Gasteiger charge is -2.47. The first-order valence-electron chi connectivity index (χ1n) is 11.7. The molecule has 1 atom stereocenters. The Balaban J connectivity index is 1.34. The Morgan fingerprint density at radius 3 is 2.45 bits per heavy atom. The lowest BCUT2D eigenvalue weighted by Crippen LogP contribution is -2.57. The molecule has 2 aliphatic heterocycles. The van der Waals surface area contributed by atoms with Crippen molar-refractivity contribution in [3.8, 4) is 5.75 Å². The average Bonchev–Trinajstić information content (AvgIpc) is 2.81. The third-order valence-corrected chi connectivity index (χ3v) is 7.05. The Morgan fingerprint density at radius 1 is 1.00 bits per heavy atom. The van der Waals surface area contributed by atoms with Gasteiger partial charge in [0, 0.05) is 63.6 Å². The molecule has 2 saturated heterocycles. The molecule has 0 radical (unpaired) electrons.